The van der Waals surface area contributed by atoms with Crippen molar-refractivity contribution in [2.24, 2.45) is 5.16 Å². The highest BCUT2D eigenvalue weighted by atomic mass is 16.7. The van der Waals surface area contributed by atoms with Crippen LogP contribution >= 0.6 is 0 Å². The van der Waals surface area contributed by atoms with E-state index < -0.39 is 5.97 Å². The Bertz CT molecular complexity index is 799. The summed E-state index contributed by atoms with van der Waals surface area (Å²) < 4.78 is 10.6. The molecule has 1 heterocycles. The molecule has 1 atom stereocenters. The van der Waals surface area contributed by atoms with Gasteiger partial charge in [-0.1, -0.05) is 35.5 Å². The summed E-state index contributed by atoms with van der Waals surface area (Å²) in [7, 11) is 0. The first kappa shape index (κ1) is 16.0. The topological polar surface area (TPSA) is 74.2 Å². The van der Waals surface area contributed by atoms with Crippen molar-refractivity contribution < 1.29 is 23.9 Å². The summed E-state index contributed by atoms with van der Waals surface area (Å²) in [6.45, 7) is 2.21. The Hall–Kier alpha value is -2.89. The van der Waals surface area contributed by atoms with Crippen LogP contribution in [0.25, 0.3) is 10.8 Å². The number of nitrogens with zero attached hydrogens (tertiary/aromatic N) is 1. The Balaban J connectivity index is 1.67. The van der Waals surface area contributed by atoms with Crippen LogP contribution in [0.15, 0.2) is 41.6 Å². The third-order valence-electron chi connectivity index (χ3n) is 3.72. The normalized spacial score (nSPS) is 16.4. The molecule has 0 N–H and O–H groups in total. The van der Waals surface area contributed by atoms with Crippen molar-refractivity contribution in [3.05, 3.63) is 42.0 Å². The van der Waals surface area contributed by atoms with E-state index in [0.717, 1.165) is 17.1 Å². The highest BCUT2D eigenvalue weighted by Crippen LogP contribution is 2.27. The van der Waals surface area contributed by atoms with Crippen LogP contribution in [0.2, 0.25) is 0 Å². The molecule has 0 amide bonds. The molecule has 0 aromatic heterocycles. The molecule has 0 bridgehead atoms. The van der Waals surface area contributed by atoms with Crippen LogP contribution in [0.4, 0.5) is 0 Å². The predicted molar refractivity (Wildman–Crippen MR) is 88.4 cm³/mol. The summed E-state index contributed by atoms with van der Waals surface area (Å²) in [5.74, 6) is 0.0103. The number of hydrogen-bond donors (Lipinski definition) is 0. The number of ether oxygens (including phenoxy) is 2. The molecular weight excluding hydrogens is 310 g/mol. The minimum Gasteiger partial charge on any atom is -0.489 e. The molecule has 2 aromatic rings. The molecule has 0 unspecified atom stereocenters. The van der Waals surface area contributed by atoms with E-state index in [1.807, 2.05) is 30.3 Å². The number of carbonyl (C=O) groups excluding carboxylic acids is 2. The van der Waals surface area contributed by atoms with Crippen molar-refractivity contribution in [1.82, 2.24) is 0 Å². The third-order valence-corrected chi connectivity index (χ3v) is 3.72. The minimum absolute atomic E-state index is 0.186. The zero-order valence-electron chi connectivity index (χ0n) is 13.2. The molecular formula is C18H17NO5. The maximum atomic E-state index is 11.6. The highest BCUT2D eigenvalue weighted by molar-refractivity contribution is 6.36. The Morgan fingerprint density at radius 2 is 2.17 bits per heavy atom. The highest BCUT2D eigenvalue weighted by Gasteiger charge is 2.27. The molecule has 0 radical (unpaired) electrons. The van der Waals surface area contributed by atoms with E-state index in [1.54, 1.807) is 13.0 Å². The van der Waals surface area contributed by atoms with E-state index in [4.69, 9.17) is 14.3 Å². The van der Waals surface area contributed by atoms with Gasteiger partial charge >= 0.3 is 5.97 Å². The minimum atomic E-state index is -0.473. The molecule has 0 aliphatic carbocycles. The monoisotopic (exact) mass is 327 g/mol. The van der Waals surface area contributed by atoms with Gasteiger partial charge in [0.1, 0.15) is 12.4 Å². The Morgan fingerprint density at radius 3 is 2.96 bits per heavy atom. The van der Waals surface area contributed by atoms with Crippen molar-refractivity contribution in [2.75, 3.05) is 13.2 Å². The van der Waals surface area contributed by atoms with Gasteiger partial charge in [0.2, 0.25) is 0 Å². The second-order valence-electron chi connectivity index (χ2n) is 5.32. The molecule has 0 saturated carbocycles. The number of aldehydes is 1. The number of benzene rings is 2. The first-order valence-electron chi connectivity index (χ1n) is 7.72. The van der Waals surface area contributed by atoms with Gasteiger partial charge in [-0.3, -0.25) is 4.79 Å². The molecule has 3 rings (SSSR count). The Kier molecular flexibility index (Phi) is 4.74. The maximum absolute atomic E-state index is 11.6. The van der Waals surface area contributed by atoms with Crippen molar-refractivity contribution in [3.8, 4) is 5.75 Å². The average Bonchev–Trinajstić information content (AvgIpc) is 3.08. The average molecular weight is 327 g/mol. The van der Waals surface area contributed by atoms with Gasteiger partial charge in [-0.25, -0.2) is 4.79 Å². The molecule has 6 heteroatoms. The van der Waals surface area contributed by atoms with E-state index >= 15 is 0 Å². The predicted octanol–water partition coefficient (Wildman–Crippen LogP) is 2.74. The number of oxime groups is 1. The van der Waals surface area contributed by atoms with Gasteiger partial charge in [-0.05, 0) is 23.8 Å². The van der Waals surface area contributed by atoms with E-state index in [0.29, 0.717) is 24.3 Å². The second-order valence-corrected chi connectivity index (χ2v) is 5.32. The van der Waals surface area contributed by atoms with Crippen LogP contribution in [0.3, 0.4) is 0 Å². The fourth-order valence-corrected chi connectivity index (χ4v) is 2.56. The van der Waals surface area contributed by atoms with Gasteiger partial charge in [-0.15, -0.1) is 0 Å². The number of hydrogen-bond acceptors (Lipinski definition) is 6. The fraction of sp³-hybridized carbons (Fsp3) is 0.278. The molecule has 24 heavy (non-hydrogen) atoms. The third kappa shape index (κ3) is 3.22. The fourth-order valence-electron chi connectivity index (χ4n) is 2.56. The van der Waals surface area contributed by atoms with Crippen LogP contribution in [0.5, 0.6) is 5.75 Å². The van der Waals surface area contributed by atoms with Crippen LogP contribution in [0, 0.1) is 0 Å². The summed E-state index contributed by atoms with van der Waals surface area (Å²) in [6, 6.07) is 11.3. The zero-order valence-corrected chi connectivity index (χ0v) is 13.2. The van der Waals surface area contributed by atoms with Crippen molar-refractivity contribution >= 4 is 28.7 Å². The first-order valence-corrected chi connectivity index (χ1v) is 7.72. The Morgan fingerprint density at radius 1 is 1.33 bits per heavy atom. The summed E-state index contributed by atoms with van der Waals surface area (Å²) in [6.07, 6.45) is 0.728. The smallest absolute Gasteiger partial charge is 0.356 e. The van der Waals surface area contributed by atoms with Crippen molar-refractivity contribution in [2.45, 2.75) is 19.4 Å². The number of carbonyl (C=O) groups is 2. The summed E-state index contributed by atoms with van der Waals surface area (Å²) >= 11 is 0. The molecule has 1 aliphatic rings. The quantitative estimate of drug-likeness (QED) is 0.602. The molecule has 2 aromatic carbocycles. The lowest BCUT2D eigenvalue weighted by molar-refractivity contribution is -0.135. The largest absolute Gasteiger partial charge is 0.489 e. The van der Waals surface area contributed by atoms with Crippen molar-refractivity contribution in [3.63, 3.8) is 0 Å². The lowest BCUT2D eigenvalue weighted by Gasteiger charge is -2.13. The van der Waals surface area contributed by atoms with Gasteiger partial charge in [-0.2, -0.15) is 0 Å². The van der Waals surface area contributed by atoms with E-state index in [9.17, 15) is 9.59 Å². The zero-order chi connectivity index (χ0) is 16.9. The van der Waals surface area contributed by atoms with Gasteiger partial charge in [0.05, 0.1) is 12.2 Å². The number of fused-ring (bicyclic) bond motifs is 1. The van der Waals surface area contributed by atoms with E-state index in [-0.39, 0.29) is 18.4 Å². The summed E-state index contributed by atoms with van der Waals surface area (Å²) in [5, 5.41) is 5.54. The molecule has 0 spiro atoms. The molecule has 0 fully saturated rings. The van der Waals surface area contributed by atoms with Gasteiger partial charge < -0.3 is 14.3 Å². The van der Waals surface area contributed by atoms with Gasteiger partial charge in [0.25, 0.3) is 0 Å². The molecule has 1 aliphatic heterocycles. The SMILES string of the molecule is CCOC(=O)C1=NO[C@@H](COc2ccc3ccccc3c2C=O)C1. The maximum Gasteiger partial charge on any atom is 0.356 e. The number of rotatable bonds is 6. The Labute approximate surface area is 139 Å². The van der Waals surface area contributed by atoms with Crippen LogP contribution in [0.1, 0.15) is 23.7 Å². The van der Waals surface area contributed by atoms with Gasteiger partial charge in [0, 0.05) is 6.42 Å². The first-order chi connectivity index (χ1) is 11.7. The molecule has 6 nitrogen and oxygen atoms in total. The lowest BCUT2D eigenvalue weighted by Crippen LogP contribution is -2.22. The molecule has 0 saturated heterocycles. The molecule has 124 valence electrons. The van der Waals surface area contributed by atoms with E-state index in [2.05, 4.69) is 5.16 Å². The summed E-state index contributed by atoms with van der Waals surface area (Å²) in [4.78, 5) is 28.2. The van der Waals surface area contributed by atoms with Gasteiger partial charge in [0.15, 0.2) is 18.1 Å². The van der Waals surface area contributed by atoms with Crippen LogP contribution in [-0.2, 0) is 14.4 Å². The second kappa shape index (κ2) is 7.12. The van der Waals surface area contributed by atoms with Crippen LogP contribution < -0.4 is 4.74 Å². The lowest BCUT2D eigenvalue weighted by atomic mass is 10.0. The summed E-state index contributed by atoms with van der Waals surface area (Å²) in [5.41, 5.74) is 0.747. The van der Waals surface area contributed by atoms with E-state index in [1.165, 1.54) is 0 Å². The van der Waals surface area contributed by atoms with Crippen LogP contribution in [-0.4, -0.2) is 37.3 Å². The number of esters is 1. The van der Waals surface area contributed by atoms with Crippen molar-refractivity contribution in [1.29, 1.82) is 0 Å². The standard InChI is InChI=1S/C18H17NO5/c1-2-22-18(21)16-9-13(24-19-16)11-23-17-8-7-12-5-3-4-6-14(12)15(17)10-20/h3-8,10,13H,2,9,11H2,1H3/t13-/m1/s1.